The third-order valence-corrected chi connectivity index (χ3v) is 4.98. The fourth-order valence-corrected chi connectivity index (χ4v) is 4.32. The first kappa shape index (κ1) is 11.1. The van der Waals surface area contributed by atoms with E-state index in [1.807, 2.05) is 30.3 Å². The minimum atomic E-state index is -2.38. The van der Waals surface area contributed by atoms with E-state index in [0.29, 0.717) is 0 Å². The Morgan fingerprint density at radius 1 is 1.13 bits per heavy atom. The molecule has 1 atom stereocenters. The maximum absolute atomic E-state index is 7.66. The highest BCUT2D eigenvalue weighted by Gasteiger charge is 2.09. The molecule has 2 aromatic carbocycles. The number of rotatable bonds is 2. The Balaban J connectivity index is 2.56. The zero-order valence-electron chi connectivity index (χ0n) is 7.92. The largest absolute Gasteiger partial charge is 0.285 e. The van der Waals surface area contributed by atoms with Crippen molar-refractivity contribution in [2.45, 2.75) is 4.90 Å². The second kappa shape index (κ2) is 4.22. The van der Waals surface area contributed by atoms with Gasteiger partial charge < -0.3 is 0 Å². The molecule has 3 N–H and O–H groups in total. The molecule has 5 heteroatoms. The van der Waals surface area contributed by atoms with Crippen LogP contribution in [-0.2, 0) is 0 Å². The predicted octanol–water partition coefficient (Wildman–Crippen LogP) is 4.35. The molecule has 0 aromatic heterocycles. The molecule has 0 saturated heterocycles. The van der Waals surface area contributed by atoms with Crippen molar-refractivity contribution < 1.29 is 0 Å². The zero-order valence-corrected chi connectivity index (χ0v) is 10.5. The number of fused-ring (bicyclic) bond motifs is 1. The first-order valence-corrected chi connectivity index (χ1v) is 8.82. The molecule has 0 aliphatic carbocycles. The van der Waals surface area contributed by atoms with Crippen molar-refractivity contribution >= 4 is 40.0 Å². The highest BCUT2D eigenvalue weighted by atomic mass is 33.1. The van der Waals surface area contributed by atoms with Crippen LogP contribution in [-0.4, -0.2) is 0 Å². The van der Waals surface area contributed by atoms with Crippen molar-refractivity contribution in [3.63, 3.8) is 0 Å². The van der Waals surface area contributed by atoms with Crippen molar-refractivity contribution in [3.05, 3.63) is 42.5 Å². The maximum Gasteiger partial charge on any atom is 0.133 e. The summed E-state index contributed by atoms with van der Waals surface area (Å²) in [6.07, 6.45) is 0. The third kappa shape index (κ3) is 2.79. The molecule has 2 aromatic rings. The Kier molecular flexibility index (Phi) is 3.12. The van der Waals surface area contributed by atoms with E-state index in [0.717, 1.165) is 10.3 Å². The Bertz CT molecular complexity index is 530. The number of hydrogen-bond donors (Lipinski definition) is 3. The van der Waals surface area contributed by atoms with Gasteiger partial charge >= 0.3 is 0 Å². The first-order chi connectivity index (χ1) is 7.06. The molecule has 0 spiro atoms. The molecule has 0 amide bonds. The van der Waals surface area contributed by atoms with Crippen molar-refractivity contribution in [1.29, 1.82) is 5.16 Å². The van der Waals surface area contributed by atoms with E-state index in [4.69, 9.17) is 10.7 Å². The van der Waals surface area contributed by atoms with Crippen molar-refractivity contribution in [1.82, 2.24) is 0 Å². The van der Waals surface area contributed by atoms with E-state index >= 15 is 0 Å². The summed E-state index contributed by atoms with van der Waals surface area (Å²) < 4.78 is 0. The van der Waals surface area contributed by atoms with Gasteiger partial charge in [0.05, 0.1) is 0 Å². The van der Waals surface area contributed by atoms with Gasteiger partial charge in [-0.3, -0.25) is 10.7 Å². The summed E-state index contributed by atoms with van der Waals surface area (Å²) in [6.45, 7) is 0. The Labute approximate surface area is 98.1 Å². The number of benzene rings is 2. The van der Waals surface area contributed by atoms with Gasteiger partial charge in [-0.15, -0.1) is 12.2 Å². The van der Waals surface area contributed by atoms with E-state index < -0.39 is 5.61 Å². The van der Waals surface area contributed by atoms with E-state index in [-0.39, 0.29) is 0 Å². The van der Waals surface area contributed by atoms with Gasteiger partial charge in [-0.1, -0.05) is 47.8 Å². The zero-order chi connectivity index (χ0) is 10.9. The fourth-order valence-electron chi connectivity index (χ4n) is 1.43. The lowest BCUT2D eigenvalue weighted by molar-refractivity contribution is 1.55. The van der Waals surface area contributed by atoms with Crippen LogP contribution < -0.4 is 5.50 Å². The number of hydrogen-bond acceptors (Lipinski definition) is 2. The molecule has 0 bridgehead atoms. The molecule has 0 aliphatic rings. The fraction of sp³-hybridized carbons (Fsp3) is 0. The molecule has 15 heavy (non-hydrogen) atoms. The summed E-state index contributed by atoms with van der Waals surface area (Å²) in [5.74, 6) is 0. The van der Waals surface area contributed by atoms with Gasteiger partial charge in [0, 0.05) is 4.90 Å². The van der Waals surface area contributed by atoms with Crippen LogP contribution in [0.5, 0.6) is 0 Å². The summed E-state index contributed by atoms with van der Waals surface area (Å²) in [5.41, 5.74) is 3.28. The summed E-state index contributed by atoms with van der Waals surface area (Å²) in [6, 6.07) is 14.1. The normalized spacial score (nSPS) is 15.1. The summed E-state index contributed by atoms with van der Waals surface area (Å²) in [5, 5.41) is 9.97. The first-order valence-electron chi connectivity index (χ1n) is 4.39. The van der Waals surface area contributed by atoms with Gasteiger partial charge in [-0.25, -0.2) is 0 Å². The summed E-state index contributed by atoms with van der Waals surface area (Å²) in [4.78, 5) is 1.04. The van der Waals surface area contributed by atoms with Crippen LogP contribution in [0.1, 0.15) is 0 Å². The minimum Gasteiger partial charge on any atom is -0.285 e. The van der Waals surface area contributed by atoms with Crippen molar-refractivity contribution in [3.8, 4) is 0 Å². The lowest BCUT2D eigenvalue weighted by atomic mass is 10.1. The van der Waals surface area contributed by atoms with Crippen LogP contribution >= 0.6 is 29.2 Å². The second-order valence-corrected chi connectivity index (χ2v) is 10.0. The van der Waals surface area contributed by atoms with Crippen molar-refractivity contribution in [2.24, 2.45) is 5.50 Å². The molecule has 2 rings (SSSR count). The molecule has 0 saturated carbocycles. The molecule has 0 heterocycles. The topological polar surface area (TPSA) is 49.9 Å². The second-order valence-electron chi connectivity index (χ2n) is 3.19. The standard InChI is InChI=1S/C10H11N2PS2/c11-13(12,14)15-10-7-3-5-8-4-1-2-6-9(8)10/h1-7H,(H4,11,12,14). The van der Waals surface area contributed by atoms with Crippen molar-refractivity contribution in [2.75, 3.05) is 0 Å². The highest BCUT2D eigenvalue weighted by molar-refractivity contribution is 8.85. The van der Waals surface area contributed by atoms with Gasteiger partial charge in [-0.2, -0.15) is 0 Å². The van der Waals surface area contributed by atoms with Gasteiger partial charge in [0.2, 0.25) is 0 Å². The van der Waals surface area contributed by atoms with Crippen LogP contribution in [0.3, 0.4) is 0 Å². The highest BCUT2D eigenvalue weighted by Crippen LogP contribution is 2.60. The monoisotopic (exact) mass is 254 g/mol. The number of nitrogens with one attached hydrogen (secondary N) is 1. The summed E-state index contributed by atoms with van der Waals surface area (Å²) in [7, 11) is 0. The average Bonchev–Trinajstić information content (AvgIpc) is 2.16. The molecule has 2 nitrogen and oxygen atoms in total. The molecule has 0 aliphatic heterocycles. The van der Waals surface area contributed by atoms with Crippen LogP contribution in [0.15, 0.2) is 47.4 Å². The molecule has 0 fully saturated rings. The van der Waals surface area contributed by atoms with E-state index in [9.17, 15) is 0 Å². The van der Waals surface area contributed by atoms with Gasteiger partial charge in [0.25, 0.3) is 0 Å². The lowest BCUT2D eigenvalue weighted by Crippen LogP contribution is -1.82. The molecule has 78 valence electrons. The van der Waals surface area contributed by atoms with E-state index in [1.165, 1.54) is 16.8 Å². The smallest absolute Gasteiger partial charge is 0.133 e. The molecule has 0 radical (unpaired) electrons. The van der Waals surface area contributed by atoms with E-state index in [2.05, 4.69) is 24.4 Å². The van der Waals surface area contributed by atoms with Gasteiger partial charge in [-0.05, 0) is 16.8 Å². The number of thiol groups is 1. The molecular formula is C10H11N2PS2. The predicted molar refractivity (Wildman–Crippen MR) is 72.6 cm³/mol. The number of nitrogens with two attached hydrogens (primary N) is 1. The van der Waals surface area contributed by atoms with Gasteiger partial charge in [0.15, 0.2) is 0 Å². The van der Waals surface area contributed by atoms with E-state index in [1.54, 1.807) is 0 Å². The molecule has 1 unspecified atom stereocenters. The summed E-state index contributed by atoms with van der Waals surface area (Å²) >= 11 is 5.46. The Morgan fingerprint density at radius 2 is 1.80 bits per heavy atom. The SMILES string of the molecule is N=P(N)(S)Sc1cccc2ccccc12. The maximum atomic E-state index is 7.66. The Hall–Kier alpha value is -0.410. The van der Waals surface area contributed by atoms with Crippen LogP contribution in [0.25, 0.3) is 10.8 Å². The van der Waals surface area contributed by atoms with Gasteiger partial charge in [0.1, 0.15) is 5.61 Å². The minimum absolute atomic E-state index is 1.04. The third-order valence-electron chi connectivity index (χ3n) is 1.99. The quantitative estimate of drug-likeness (QED) is 0.551. The van der Waals surface area contributed by atoms with Crippen LogP contribution in [0.2, 0.25) is 0 Å². The lowest BCUT2D eigenvalue weighted by Gasteiger charge is -2.10. The van der Waals surface area contributed by atoms with Crippen LogP contribution in [0.4, 0.5) is 0 Å². The van der Waals surface area contributed by atoms with Crippen LogP contribution in [0, 0.1) is 5.16 Å². The Morgan fingerprint density at radius 3 is 2.53 bits per heavy atom. The average molecular weight is 254 g/mol. The molecular weight excluding hydrogens is 243 g/mol.